The zero-order valence-electron chi connectivity index (χ0n) is 15.7. The molecule has 2 aromatic carbocycles. The van der Waals surface area contributed by atoms with Gasteiger partial charge < -0.3 is 9.64 Å². The first-order valence-corrected chi connectivity index (χ1v) is 11.8. The molecule has 0 aliphatic carbocycles. The van der Waals surface area contributed by atoms with Crippen molar-refractivity contribution >= 4 is 44.0 Å². The molecular weight excluding hydrogens is 446 g/mol. The van der Waals surface area contributed by atoms with Gasteiger partial charge in [0.25, 0.3) is 15.9 Å². The zero-order valence-corrected chi connectivity index (χ0v) is 18.1. The predicted octanol–water partition coefficient (Wildman–Crippen LogP) is 3.56. The first-order chi connectivity index (χ1) is 14.4. The predicted molar refractivity (Wildman–Crippen MR) is 115 cm³/mol. The number of nitrogens with one attached hydrogen (secondary N) is 1. The second kappa shape index (κ2) is 8.63. The molecule has 30 heavy (non-hydrogen) atoms. The summed E-state index contributed by atoms with van der Waals surface area (Å²) in [6, 6.07) is 11.8. The topological polar surface area (TPSA) is 88.6 Å². The first-order valence-electron chi connectivity index (χ1n) is 9.11. The monoisotopic (exact) mass is 463 g/mol. The van der Waals surface area contributed by atoms with Crippen molar-refractivity contribution in [1.29, 1.82) is 0 Å². The molecular formula is C20H18ClN3O4S2. The quantitative estimate of drug-likeness (QED) is 0.603. The lowest BCUT2D eigenvalue weighted by molar-refractivity contribution is -0.134. The molecule has 4 rings (SSSR count). The third-order valence-corrected chi connectivity index (χ3v) is 7.09. The number of hydrogen-bond acceptors (Lipinski definition) is 6. The van der Waals surface area contributed by atoms with E-state index >= 15 is 0 Å². The van der Waals surface area contributed by atoms with Crippen LogP contribution in [0.25, 0.3) is 0 Å². The smallest absolute Gasteiger partial charge is 0.263 e. The maximum absolute atomic E-state index is 12.6. The van der Waals surface area contributed by atoms with Crippen molar-refractivity contribution in [3.63, 3.8) is 0 Å². The molecule has 1 amide bonds. The van der Waals surface area contributed by atoms with Crippen molar-refractivity contribution in [2.24, 2.45) is 0 Å². The van der Waals surface area contributed by atoms with Crippen molar-refractivity contribution < 1.29 is 17.9 Å². The molecule has 0 bridgehead atoms. The van der Waals surface area contributed by atoms with E-state index in [2.05, 4.69) is 9.71 Å². The molecule has 1 aliphatic rings. The molecule has 156 valence electrons. The standard InChI is InChI=1S/C20H18ClN3O4S2/c21-16-2-4-17(5-3-16)28-13-19(25)24-9-7-14-1-6-18(11-15(14)12-24)30(26,27)23-20-22-8-10-29-20/h1-6,8,10-11H,7,9,12-13H2,(H,22,23). The van der Waals surface area contributed by atoms with Gasteiger partial charge in [-0.2, -0.15) is 0 Å². The Morgan fingerprint density at radius 1 is 1.20 bits per heavy atom. The molecule has 0 spiro atoms. The molecule has 7 nitrogen and oxygen atoms in total. The van der Waals surface area contributed by atoms with Gasteiger partial charge in [-0.25, -0.2) is 13.4 Å². The summed E-state index contributed by atoms with van der Waals surface area (Å²) in [5.74, 6) is 0.400. The van der Waals surface area contributed by atoms with Gasteiger partial charge in [-0.15, -0.1) is 11.3 Å². The van der Waals surface area contributed by atoms with Gasteiger partial charge in [0.05, 0.1) is 4.90 Å². The second-order valence-electron chi connectivity index (χ2n) is 6.68. The molecule has 0 fully saturated rings. The number of sulfonamides is 1. The van der Waals surface area contributed by atoms with E-state index in [-0.39, 0.29) is 17.4 Å². The van der Waals surface area contributed by atoms with Crippen LogP contribution in [-0.2, 0) is 27.8 Å². The summed E-state index contributed by atoms with van der Waals surface area (Å²) < 4.78 is 33.3. The van der Waals surface area contributed by atoms with Crippen molar-refractivity contribution in [3.05, 3.63) is 70.2 Å². The fourth-order valence-electron chi connectivity index (χ4n) is 3.13. The van der Waals surface area contributed by atoms with E-state index in [9.17, 15) is 13.2 Å². The van der Waals surface area contributed by atoms with Crippen LogP contribution >= 0.6 is 22.9 Å². The number of anilines is 1. The van der Waals surface area contributed by atoms with E-state index in [1.807, 2.05) is 0 Å². The molecule has 1 aromatic heterocycles. The molecule has 1 aliphatic heterocycles. The number of benzene rings is 2. The van der Waals surface area contributed by atoms with Gasteiger partial charge >= 0.3 is 0 Å². The fourth-order valence-corrected chi connectivity index (χ4v) is 5.09. The number of aromatic nitrogens is 1. The molecule has 0 unspecified atom stereocenters. The average Bonchev–Trinajstić information content (AvgIpc) is 3.24. The van der Waals surface area contributed by atoms with E-state index < -0.39 is 10.0 Å². The highest BCUT2D eigenvalue weighted by Crippen LogP contribution is 2.25. The van der Waals surface area contributed by atoms with Gasteiger partial charge in [-0.1, -0.05) is 17.7 Å². The third kappa shape index (κ3) is 4.75. The number of rotatable bonds is 6. The SMILES string of the molecule is O=C(COc1ccc(Cl)cc1)N1CCc2ccc(S(=O)(=O)Nc3nccs3)cc2C1. The van der Waals surface area contributed by atoms with Crippen LogP contribution in [0.5, 0.6) is 5.75 Å². The minimum Gasteiger partial charge on any atom is -0.484 e. The Bertz CT molecular complexity index is 1150. The van der Waals surface area contributed by atoms with E-state index in [0.717, 1.165) is 11.1 Å². The largest absolute Gasteiger partial charge is 0.484 e. The number of halogens is 1. The molecule has 2 heterocycles. The van der Waals surface area contributed by atoms with Crippen molar-refractivity contribution in [2.45, 2.75) is 17.9 Å². The van der Waals surface area contributed by atoms with Gasteiger partial charge in [-0.3, -0.25) is 9.52 Å². The molecule has 0 radical (unpaired) electrons. The van der Waals surface area contributed by atoms with Crippen molar-refractivity contribution in [1.82, 2.24) is 9.88 Å². The van der Waals surface area contributed by atoms with E-state index in [1.165, 1.54) is 17.5 Å². The van der Waals surface area contributed by atoms with Gasteiger partial charge in [0, 0.05) is 29.7 Å². The van der Waals surface area contributed by atoms with Crippen LogP contribution in [0.15, 0.2) is 58.9 Å². The first kappa shape index (κ1) is 20.6. The Kier molecular flexibility index (Phi) is 5.94. The molecule has 0 atom stereocenters. The molecule has 3 aromatic rings. The number of thiazole rings is 1. The molecule has 0 saturated heterocycles. The third-order valence-electron chi connectivity index (χ3n) is 4.68. The van der Waals surface area contributed by atoms with Crippen LogP contribution in [0.2, 0.25) is 5.02 Å². The fraction of sp³-hybridized carbons (Fsp3) is 0.200. The van der Waals surface area contributed by atoms with E-state index in [4.69, 9.17) is 16.3 Å². The van der Waals surface area contributed by atoms with Gasteiger partial charge in [-0.05, 0) is 53.9 Å². The Balaban J connectivity index is 1.44. The number of ether oxygens (including phenoxy) is 1. The molecule has 1 N–H and O–H groups in total. The summed E-state index contributed by atoms with van der Waals surface area (Å²) in [6.45, 7) is 0.790. The Labute approximate surface area is 183 Å². The van der Waals surface area contributed by atoms with Crippen LogP contribution in [0, 0.1) is 0 Å². The average molecular weight is 464 g/mol. The maximum atomic E-state index is 12.6. The number of carbonyl (C=O) groups excluding carboxylic acids is 1. The van der Waals surface area contributed by atoms with Crippen LogP contribution in [0.1, 0.15) is 11.1 Å². The van der Waals surface area contributed by atoms with Crippen molar-refractivity contribution in [3.8, 4) is 5.75 Å². The Morgan fingerprint density at radius 3 is 2.73 bits per heavy atom. The number of amides is 1. The molecule has 0 saturated carbocycles. The Morgan fingerprint density at radius 2 is 2.00 bits per heavy atom. The lowest BCUT2D eigenvalue weighted by Gasteiger charge is -2.29. The summed E-state index contributed by atoms with van der Waals surface area (Å²) in [7, 11) is -3.75. The highest BCUT2D eigenvalue weighted by atomic mass is 35.5. The Hall–Kier alpha value is -2.62. The minimum absolute atomic E-state index is 0.0967. The summed E-state index contributed by atoms with van der Waals surface area (Å²) in [6.07, 6.45) is 2.19. The lowest BCUT2D eigenvalue weighted by atomic mass is 10.00. The normalized spacial score (nSPS) is 13.6. The summed E-state index contributed by atoms with van der Waals surface area (Å²) in [4.78, 5) is 18.3. The van der Waals surface area contributed by atoms with E-state index in [0.29, 0.717) is 35.4 Å². The maximum Gasteiger partial charge on any atom is 0.263 e. The summed E-state index contributed by atoms with van der Waals surface area (Å²) in [5.41, 5.74) is 1.84. The summed E-state index contributed by atoms with van der Waals surface area (Å²) >= 11 is 7.05. The van der Waals surface area contributed by atoms with Gasteiger partial charge in [0.2, 0.25) is 0 Å². The van der Waals surface area contributed by atoms with Gasteiger partial charge in [0.15, 0.2) is 11.7 Å². The highest BCUT2D eigenvalue weighted by molar-refractivity contribution is 7.93. The number of hydrogen-bond donors (Lipinski definition) is 1. The number of fused-ring (bicyclic) bond motifs is 1. The summed E-state index contributed by atoms with van der Waals surface area (Å²) in [5, 5.41) is 2.60. The van der Waals surface area contributed by atoms with Gasteiger partial charge in [0.1, 0.15) is 5.75 Å². The van der Waals surface area contributed by atoms with Crippen LogP contribution in [0.4, 0.5) is 5.13 Å². The highest BCUT2D eigenvalue weighted by Gasteiger charge is 2.24. The number of carbonyl (C=O) groups is 1. The van der Waals surface area contributed by atoms with Crippen LogP contribution < -0.4 is 9.46 Å². The zero-order chi connectivity index (χ0) is 21.1. The van der Waals surface area contributed by atoms with Crippen LogP contribution in [-0.4, -0.2) is 37.4 Å². The molecule has 10 heteroatoms. The lowest BCUT2D eigenvalue weighted by Crippen LogP contribution is -2.39. The van der Waals surface area contributed by atoms with E-state index in [1.54, 1.807) is 52.7 Å². The van der Waals surface area contributed by atoms with Crippen molar-refractivity contribution in [2.75, 3.05) is 17.9 Å². The number of nitrogens with zero attached hydrogens (tertiary/aromatic N) is 2. The van der Waals surface area contributed by atoms with Crippen LogP contribution in [0.3, 0.4) is 0 Å². The minimum atomic E-state index is -3.75. The second-order valence-corrected chi connectivity index (χ2v) is 9.69.